The van der Waals surface area contributed by atoms with Gasteiger partial charge >= 0.3 is 6.09 Å². The minimum absolute atomic E-state index is 0.0735. The lowest BCUT2D eigenvalue weighted by atomic mass is 9.47. The predicted molar refractivity (Wildman–Crippen MR) is 187 cm³/mol. The van der Waals surface area contributed by atoms with Crippen molar-refractivity contribution in [2.24, 2.45) is 52.3 Å². The highest BCUT2D eigenvalue weighted by Gasteiger charge is 2.59. The molecule has 0 aromatic carbocycles. The largest absolute Gasteiger partial charge is 0.778 e. The smallest absolute Gasteiger partial charge is 0.407 e. The van der Waals surface area contributed by atoms with E-state index in [9.17, 15) is 19.4 Å². The summed E-state index contributed by atoms with van der Waals surface area (Å²) >= 11 is 0. The van der Waals surface area contributed by atoms with Crippen molar-refractivity contribution in [3.05, 3.63) is 11.6 Å². The molecular formula is C38H67NO8P-. The number of ether oxygens (including phenoxy) is 2. The van der Waals surface area contributed by atoms with Gasteiger partial charge in [0, 0.05) is 32.3 Å². The second-order valence-corrected chi connectivity index (χ2v) is 18.8. The van der Waals surface area contributed by atoms with Crippen molar-refractivity contribution in [3.8, 4) is 0 Å². The Bertz CT molecular complexity index is 1120. The van der Waals surface area contributed by atoms with Crippen LogP contribution in [0.2, 0.25) is 0 Å². The van der Waals surface area contributed by atoms with Crippen molar-refractivity contribution in [2.75, 3.05) is 39.1 Å². The lowest BCUT2D eigenvalue weighted by molar-refractivity contribution is -0.201. The molecule has 3 N–H and O–H groups in total. The topological polar surface area (TPSA) is 137 Å². The van der Waals surface area contributed by atoms with Gasteiger partial charge in [-0.3, -0.25) is 0 Å². The molecule has 48 heavy (non-hydrogen) atoms. The normalized spacial score (nSPS) is 34.6. The highest BCUT2D eigenvalue weighted by molar-refractivity contribution is 7.51. The fourth-order valence-electron chi connectivity index (χ4n) is 10.3. The highest BCUT2D eigenvalue weighted by atomic mass is 31.2. The van der Waals surface area contributed by atoms with Gasteiger partial charge in [-0.15, -0.1) is 0 Å². The first kappa shape index (κ1) is 39.8. The van der Waals surface area contributed by atoms with E-state index >= 15 is 0 Å². The molecule has 11 atom stereocenters. The number of hydrogen-bond acceptors (Lipinski definition) is 8. The maximum atomic E-state index is 12.6. The van der Waals surface area contributed by atoms with Gasteiger partial charge in [-0.1, -0.05) is 72.5 Å². The fourth-order valence-corrected chi connectivity index (χ4v) is 11.7. The number of alkyl carbamates (subject to hydrolysis) is 1. The SMILES string of the molecule is CC(C)CCC[C@H](C)C1CCC2C3CC=C4C[C@@H](OC(=O)NCCCOCC(O)COP(=O)([O-])CC(C)CO)CC[C@]4(C)C3CC[C@@]21C. The number of carbonyl (C=O) groups excluding carboxylic acids is 1. The van der Waals surface area contributed by atoms with Crippen molar-refractivity contribution in [1.29, 1.82) is 0 Å². The Morgan fingerprint density at radius 2 is 1.83 bits per heavy atom. The monoisotopic (exact) mass is 696 g/mol. The minimum atomic E-state index is -4.12. The zero-order valence-corrected chi connectivity index (χ0v) is 31.7. The van der Waals surface area contributed by atoms with Crippen molar-refractivity contribution in [3.63, 3.8) is 0 Å². The van der Waals surface area contributed by atoms with Crippen LogP contribution < -0.4 is 10.2 Å². The fraction of sp³-hybridized carbons (Fsp3) is 0.921. The van der Waals surface area contributed by atoms with E-state index in [1.807, 2.05) is 0 Å². The number of aliphatic hydroxyl groups is 2. The maximum Gasteiger partial charge on any atom is 0.407 e. The third-order valence-corrected chi connectivity index (χ3v) is 14.5. The van der Waals surface area contributed by atoms with Gasteiger partial charge in [0.1, 0.15) is 19.8 Å². The maximum absolute atomic E-state index is 12.6. The van der Waals surface area contributed by atoms with Crippen LogP contribution in [0.1, 0.15) is 119 Å². The second kappa shape index (κ2) is 17.5. The molecule has 10 heteroatoms. The predicted octanol–water partition coefficient (Wildman–Crippen LogP) is 7.09. The molecule has 3 saturated carbocycles. The van der Waals surface area contributed by atoms with Gasteiger partial charge in [0.2, 0.25) is 0 Å². The molecule has 0 aromatic rings. The summed E-state index contributed by atoms with van der Waals surface area (Å²) in [5.74, 6) is 4.43. The van der Waals surface area contributed by atoms with Crippen LogP contribution >= 0.6 is 7.60 Å². The lowest BCUT2D eigenvalue weighted by Gasteiger charge is -2.58. The molecule has 9 nitrogen and oxygen atoms in total. The summed E-state index contributed by atoms with van der Waals surface area (Å²) in [5, 5.41) is 21.8. The standard InChI is InChI=1S/C38H68NO8P/c1-26(2)9-7-10-28(4)33-13-14-34-32-12-11-29-21-31(15-17-37(29,5)35(32)16-18-38(33,34)6)47-36(42)39-19-8-20-45-23-30(41)24-46-48(43,44)25-27(3)22-40/h11,26-28,30-35,40-41H,7-10,12-25H2,1-6H3,(H,39,42)(H,43,44)/p-1/t27?,28-,30?,31-,32?,33?,34?,35?,37-,38+/m0/s1. The molecule has 3 fully saturated rings. The molecule has 0 radical (unpaired) electrons. The van der Waals surface area contributed by atoms with Crippen LogP contribution in [0.15, 0.2) is 11.6 Å². The highest BCUT2D eigenvalue weighted by Crippen LogP contribution is 2.67. The van der Waals surface area contributed by atoms with Gasteiger partial charge in [0.05, 0.1) is 13.2 Å². The van der Waals surface area contributed by atoms with E-state index in [-0.39, 0.29) is 37.5 Å². The Morgan fingerprint density at radius 1 is 1.06 bits per heavy atom. The molecule has 0 aliphatic heterocycles. The summed E-state index contributed by atoms with van der Waals surface area (Å²) in [4.78, 5) is 24.5. The summed E-state index contributed by atoms with van der Waals surface area (Å²) in [5.41, 5.74) is 2.22. The zero-order chi connectivity index (χ0) is 35.1. The van der Waals surface area contributed by atoms with E-state index in [2.05, 4.69) is 46.0 Å². The number of hydrogen-bond donors (Lipinski definition) is 3. The Kier molecular flexibility index (Phi) is 14.5. The van der Waals surface area contributed by atoms with Gasteiger partial charge in [-0.25, -0.2) is 4.79 Å². The molecule has 4 aliphatic rings. The van der Waals surface area contributed by atoms with Crippen LogP contribution in [0, 0.1) is 52.3 Å². The van der Waals surface area contributed by atoms with E-state index in [1.54, 1.807) is 6.92 Å². The Hall–Kier alpha value is -0.960. The van der Waals surface area contributed by atoms with E-state index in [0.29, 0.717) is 25.0 Å². The third kappa shape index (κ3) is 10.1. The number of carbonyl (C=O) groups is 1. The van der Waals surface area contributed by atoms with Crippen LogP contribution in [0.25, 0.3) is 0 Å². The van der Waals surface area contributed by atoms with Crippen molar-refractivity contribution < 1.29 is 38.5 Å². The first-order valence-corrected chi connectivity index (χ1v) is 20.9. The lowest BCUT2D eigenvalue weighted by Crippen LogP contribution is -2.51. The number of allylic oxidation sites excluding steroid dienone is 1. The molecule has 4 aliphatic carbocycles. The average Bonchev–Trinajstić information content (AvgIpc) is 3.38. The van der Waals surface area contributed by atoms with Crippen molar-refractivity contribution >= 4 is 13.7 Å². The summed E-state index contributed by atoms with van der Waals surface area (Å²) in [7, 11) is -4.12. The van der Waals surface area contributed by atoms with E-state index in [1.165, 1.54) is 56.9 Å². The molecule has 1 amide bonds. The van der Waals surface area contributed by atoms with Crippen molar-refractivity contribution in [2.45, 2.75) is 131 Å². The second-order valence-electron chi connectivity index (χ2n) is 16.9. The minimum Gasteiger partial charge on any atom is -0.778 e. The van der Waals surface area contributed by atoms with Gasteiger partial charge in [0.15, 0.2) is 0 Å². The number of nitrogens with one attached hydrogen (secondary N) is 1. The molecule has 278 valence electrons. The van der Waals surface area contributed by atoms with Gasteiger partial charge in [0.25, 0.3) is 0 Å². The summed E-state index contributed by atoms with van der Waals surface area (Å²) in [6.45, 7) is 14.0. The number of fused-ring (bicyclic) bond motifs is 5. The van der Waals surface area contributed by atoms with Gasteiger partial charge in [-0.05, 0) is 104 Å². The summed E-state index contributed by atoms with van der Waals surface area (Å²) in [6.07, 6.45) is 14.8. The van der Waals surface area contributed by atoms with E-state index in [0.717, 1.165) is 54.8 Å². The molecule has 0 bridgehead atoms. The molecule has 0 spiro atoms. The number of rotatable bonds is 18. The molecular weight excluding hydrogens is 629 g/mol. The number of amides is 1. The molecule has 4 rings (SSSR count). The first-order chi connectivity index (χ1) is 22.7. The average molecular weight is 697 g/mol. The quantitative estimate of drug-likeness (QED) is 0.0785. The van der Waals surface area contributed by atoms with Crippen LogP contribution in [0.5, 0.6) is 0 Å². The van der Waals surface area contributed by atoms with Gasteiger partial charge < -0.3 is 39.0 Å². The van der Waals surface area contributed by atoms with Crippen LogP contribution in [-0.2, 0) is 18.6 Å². The Balaban J connectivity index is 1.16. The van der Waals surface area contributed by atoms with E-state index in [4.69, 9.17) is 19.1 Å². The number of aliphatic hydroxyl groups excluding tert-OH is 2. The summed E-state index contributed by atoms with van der Waals surface area (Å²) < 4.78 is 28.0. The van der Waals surface area contributed by atoms with Crippen molar-refractivity contribution in [1.82, 2.24) is 5.32 Å². The Morgan fingerprint density at radius 3 is 2.56 bits per heavy atom. The Labute approximate surface area is 290 Å². The van der Waals surface area contributed by atoms with Crippen LogP contribution in [0.3, 0.4) is 0 Å². The molecule has 7 unspecified atom stereocenters. The third-order valence-electron chi connectivity index (χ3n) is 12.9. The van der Waals surface area contributed by atoms with E-state index < -0.39 is 25.7 Å². The van der Waals surface area contributed by atoms with Crippen LogP contribution in [-0.4, -0.2) is 67.6 Å². The molecule has 0 heterocycles. The first-order valence-electron chi connectivity index (χ1n) is 19.1. The molecule has 0 aromatic heterocycles. The van der Waals surface area contributed by atoms with Crippen LogP contribution in [0.4, 0.5) is 4.79 Å². The zero-order valence-electron chi connectivity index (χ0n) is 30.8. The molecule has 0 saturated heterocycles. The summed E-state index contributed by atoms with van der Waals surface area (Å²) in [6, 6.07) is 0. The van der Waals surface area contributed by atoms with Gasteiger partial charge in [-0.2, -0.15) is 0 Å².